The van der Waals surface area contributed by atoms with Crippen molar-refractivity contribution in [1.82, 2.24) is 5.32 Å². The van der Waals surface area contributed by atoms with E-state index in [1.807, 2.05) is 38.1 Å². The first-order valence-electron chi connectivity index (χ1n) is 6.97. The number of fused-ring (bicyclic) bond motifs is 1. The van der Waals surface area contributed by atoms with Crippen LogP contribution in [0.25, 0.3) is 11.0 Å². The lowest BCUT2D eigenvalue weighted by atomic mass is 9.99. The Balaban J connectivity index is 2.15. The summed E-state index contributed by atoms with van der Waals surface area (Å²) in [5, 5.41) is 14.9. The van der Waals surface area contributed by atoms with Crippen molar-refractivity contribution in [3.05, 3.63) is 35.6 Å². The smallest absolute Gasteiger partial charge is 0.137 e. The molecule has 1 unspecified atom stereocenters. The van der Waals surface area contributed by atoms with Crippen LogP contribution in [0.5, 0.6) is 0 Å². The quantitative estimate of drug-likeness (QED) is 0.784. The largest absolute Gasteiger partial charge is 0.458 e. The minimum atomic E-state index is -0.924. The summed E-state index contributed by atoms with van der Waals surface area (Å²) in [7, 11) is 0. The Hall–Kier alpha value is -1.32. The van der Waals surface area contributed by atoms with Gasteiger partial charge in [0.2, 0.25) is 0 Å². The minimum Gasteiger partial charge on any atom is -0.458 e. The molecule has 1 atom stereocenters. The van der Waals surface area contributed by atoms with Crippen LogP contribution in [0, 0.1) is 6.92 Å². The normalized spacial score (nSPS) is 14.7. The number of benzene rings is 1. The molecular weight excluding hydrogens is 238 g/mol. The fraction of sp³-hybridized carbons (Fsp3) is 0.500. The van der Waals surface area contributed by atoms with Gasteiger partial charge in [-0.2, -0.15) is 0 Å². The van der Waals surface area contributed by atoms with Gasteiger partial charge in [-0.15, -0.1) is 0 Å². The van der Waals surface area contributed by atoms with Crippen LogP contribution in [0.4, 0.5) is 0 Å². The maximum Gasteiger partial charge on any atom is 0.137 e. The number of furan rings is 1. The third kappa shape index (κ3) is 3.17. The third-order valence-electron chi connectivity index (χ3n) is 3.49. The molecule has 1 aromatic heterocycles. The van der Waals surface area contributed by atoms with Crippen LogP contribution in [0.1, 0.15) is 38.0 Å². The van der Waals surface area contributed by atoms with Gasteiger partial charge in [-0.1, -0.05) is 25.1 Å². The summed E-state index contributed by atoms with van der Waals surface area (Å²) in [4.78, 5) is 0. The molecule has 0 aliphatic heterocycles. The molecule has 0 spiro atoms. The van der Waals surface area contributed by atoms with E-state index in [2.05, 4.69) is 12.2 Å². The first kappa shape index (κ1) is 14.1. The lowest BCUT2D eigenvalue weighted by Gasteiger charge is -2.20. The lowest BCUT2D eigenvalue weighted by molar-refractivity contribution is 0.0272. The molecule has 0 fully saturated rings. The molecule has 0 amide bonds. The number of aryl methyl sites for hydroxylation is 1. The zero-order valence-corrected chi connectivity index (χ0v) is 12.0. The van der Waals surface area contributed by atoms with E-state index in [1.54, 1.807) is 0 Å². The topological polar surface area (TPSA) is 45.4 Å². The summed E-state index contributed by atoms with van der Waals surface area (Å²) < 4.78 is 5.84. The monoisotopic (exact) mass is 261 g/mol. The van der Waals surface area contributed by atoms with Gasteiger partial charge in [0.05, 0.1) is 0 Å². The number of rotatable bonds is 6. The van der Waals surface area contributed by atoms with Crippen molar-refractivity contribution in [3.63, 3.8) is 0 Å². The van der Waals surface area contributed by atoms with Gasteiger partial charge in [0.25, 0.3) is 0 Å². The maximum absolute atomic E-state index is 10.5. The zero-order chi connectivity index (χ0) is 13.9. The first-order chi connectivity index (χ1) is 9.04. The number of hydrogen-bond donors (Lipinski definition) is 2. The highest BCUT2D eigenvalue weighted by Gasteiger charge is 2.27. The molecule has 19 heavy (non-hydrogen) atoms. The Labute approximate surface area is 114 Å². The second kappa shape index (κ2) is 5.76. The highest BCUT2D eigenvalue weighted by molar-refractivity contribution is 5.81. The van der Waals surface area contributed by atoms with Crippen LogP contribution in [0.3, 0.4) is 0 Å². The van der Waals surface area contributed by atoms with Crippen molar-refractivity contribution in [3.8, 4) is 0 Å². The van der Waals surface area contributed by atoms with Gasteiger partial charge < -0.3 is 14.8 Å². The van der Waals surface area contributed by atoms with E-state index in [4.69, 9.17) is 4.42 Å². The summed E-state index contributed by atoms with van der Waals surface area (Å²) in [6.07, 6.45) is 1.75. The number of hydrogen-bond acceptors (Lipinski definition) is 3. The van der Waals surface area contributed by atoms with Crippen LogP contribution < -0.4 is 5.32 Å². The van der Waals surface area contributed by atoms with E-state index in [1.165, 1.54) is 0 Å². The van der Waals surface area contributed by atoms with Crippen LogP contribution >= 0.6 is 0 Å². The molecule has 2 rings (SSSR count). The summed E-state index contributed by atoms with van der Waals surface area (Å²) in [5.41, 5.74) is 1.05. The molecular formula is C16H23NO2. The Morgan fingerprint density at radius 1 is 1.32 bits per heavy atom. The average Bonchev–Trinajstić information content (AvgIpc) is 2.81. The molecule has 0 saturated heterocycles. The first-order valence-corrected chi connectivity index (χ1v) is 6.97. The number of aliphatic hydroxyl groups is 1. The highest BCUT2D eigenvalue weighted by Crippen LogP contribution is 2.31. The SMILES string of the molecule is CCCNCCC(C)(O)c1cc2cccc(C)c2o1. The van der Waals surface area contributed by atoms with Crippen LogP contribution in [-0.2, 0) is 5.60 Å². The standard InChI is InChI=1S/C16H23NO2/c1-4-9-17-10-8-16(3,18)14-11-13-7-5-6-12(2)15(13)19-14/h5-7,11,17-18H,4,8-10H2,1-3H3. The van der Waals surface area contributed by atoms with Gasteiger partial charge >= 0.3 is 0 Å². The molecule has 104 valence electrons. The molecule has 0 bridgehead atoms. The predicted octanol–water partition coefficient (Wildman–Crippen LogP) is 3.34. The average molecular weight is 261 g/mol. The summed E-state index contributed by atoms with van der Waals surface area (Å²) >= 11 is 0. The van der Waals surface area contributed by atoms with Crippen LogP contribution in [0.15, 0.2) is 28.7 Å². The van der Waals surface area contributed by atoms with Crippen molar-refractivity contribution >= 4 is 11.0 Å². The van der Waals surface area contributed by atoms with Crippen molar-refractivity contribution < 1.29 is 9.52 Å². The molecule has 3 nitrogen and oxygen atoms in total. The lowest BCUT2D eigenvalue weighted by Crippen LogP contribution is -2.27. The number of para-hydroxylation sites is 1. The molecule has 1 aromatic carbocycles. The fourth-order valence-corrected chi connectivity index (χ4v) is 2.23. The zero-order valence-electron chi connectivity index (χ0n) is 12.0. The Morgan fingerprint density at radius 3 is 2.79 bits per heavy atom. The van der Waals surface area contributed by atoms with E-state index < -0.39 is 5.60 Å². The Morgan fingerprint density at radius 2 is 2.11 bits per heavy atom. The molecule has 2 N–H and O–H groups in total. The highest BCUT2D eigenvalue weighted by atomic mass is 16.4. The van der Waals surface area contributed by atoms with Crippen molar-refractivity contribution in [1.29, 1.82) is 0 Å². The van der Waals surface area contributed by atoms with E-state index >= 15 is 0 Å². The predicted molar refractivity (Wildman–Crippen MR) is 78.3 cm³/mol. The molecule has 0 aliphatic carbocycles. The number of nitrogens with one attached hydrogen (secondary N) is 1. The van der Waals surface area contributed by atoms with Crippen LogP contribution in [0.2, 0.25) is 0 Å². The second-order valence-electron chi connectivity index (χ2n) is 5.38. The summed E-state index contributed by atoms with van der Waals surface area (Å²) in [6.45, 7) is 7.74. The van der Waals surface area contributed by atoms with E-state index in [0.29, 0.717) is 12.2 Å². The van der Waals surface area contributed by atoms with E-state index in [9.17, 15) is 5.11 Å². The Bertz CT molecular complexity index is 543. The van der Waals surface area contributed by atoms with Gasteiger partial charge in [-0.25, -0.2) is 0 Å². The molecule has 2 aromatic rings. The molecule has 1 heterocycles. The van der Waals surface area contributed by atoms with Gasteiger partial charge in [-0.05, 0) is 51.4 Å². The third-order valence-corrected chi connectivity index (χ3v) is 3.49. The fourth-order valence-electron chi connectivity index (χ4n) is 2.23. The van der Waals surface area contributed by atoms with E-state index in [0.717, 1.165) is 36.0 Å². The minimum absolute atomic E-state index is 0.645. The van der Waals surface area contributed by atoms with Gasteiger partial charge in [0, 0.05) is 5.39 Å². The van der Waals surface area contributed by atoms with Crippen LogP contribution in [-0.4, -0.2) is 18.2 Å². The van der Waals surface area contributed by atoms with Gasteiger partial charge in [-0.3, -0.25) is 0 Å². The molecule has 0 aliphatic rings. The van der Waals surface area contributed by atoms with Gasteiger partial charge in [0.15, 0.2) is 0 Å². The van der Waals surface area contributed by atoms with Crippen molar-refractivity contribution in [2.45, 2.75) is 39.2 Å². The maximum atomic E-state index is 10.5. The van der Waals surface area contributed by atoms with Gasteiger partial charge in [0.1, 0.15) is 16.9 Å². The second-order valence-corrected chi connectivity index (χ2v) is 5.38. The molecule has 0 radical (unpaired) electrons. The summed E-state index contributed by atoms with van der Waals surface area (Å²) in [5.74, 6) is 0.648. The van der Waals surface area contributed by atoms with Crippen molar-refractivity contribution in [2.24, 2.45) is 0 Å². The van der Waals surface area contributed by atoms with Crippen molar-refractivity contribution in [2.75, 3.05) is 13.1 Å². The summed E-state index contributed by atoms with van der Waals surface area (Å²) in [6, 6.07) is 7.99. The molecule has 0 saturated carbocycles. The van der Waals surface area contributed by atoms with E-state index in [-0.39, 0.29) is 0 Å². The Kier molecular flexibility index (Phi) is 4.27. The molecule has 3 heteroatoms.